The van der Waals surface area contributed by atoms with E-state index in [1.54, 1.807) is 0 Å². The van der Waals surface area contributed by atoms with Crippen molar-refractivity contribution in [2.45, 2.75) is 0 Å². The Morgan fingerprint density at radius 1 is 0.304 bits per heavy atom. The van der Waals surface area contributed by atoms with E-state index in [1.165, 1.54) is 43.8 Å². The number of hydrogen-bond acceptors (Lipinski definition) is 2. The first-order valence-electron chi connectivity index (χ1n) is 15.7. The van der Waals surface area contributed by atoms with E-state index in [0.717, 1.165) is 39.0 Å². The van der Waals surface area contributed by atoms with Gasteiger partial charge in [-0.15, -0.1) is 0 Å². The molecule has 0 saturated carbocycles. The Labute approximate surface area is 267 Å². The number of benzene rings is 8. The molecule has 0 fully saturated rings. The molecule has 0 amide bonds. The molecule has 2 nitrogen and oxygen atoms in total. The number of nitrogens with zero attached hydrogens (tertiary/aromatic N) is 1. The predicted octanol–water partition coefficient (Wildman–Crippen LogP) is 12.7. The van der Waals surface area contributed by atoms with Gasteiger partial charge in [0, 0.05) is 27.8 Å². The molecule has 0 radical (unpaired) electrons. The van der Waals surface area contributed by atoms with Crippen LogP contribution in [-0.2, 0) is 0 Å². The number of para-hydroxylation sites is 2. The lowest BCUT2D eigenvalue weighted by Gasteiger charge is -2.25. The fraction of sp³-hybridized carbons (Fsp3) is 0. The molecule has 0 aliphatic heterocycles. The van der Waals surface area contributed by atoms with Crippen molar-refractivity contribution in [1.82, 2.24) is 0 Å². The largest absolute Gasteiger partial charge is 0.456 e. The van der Waals surface area contributed by atoms with E-state index >= 15 is 0 Å². The first-order valence-corrected chi connectivity index (χ1v) is 15.7. The molecule has 9 aromatic rings. The van der Waals surface area contributed by atoms with Crippen LogP contribution in [0.1, 0.15) is 0 Å². The van der Waals surface area contributed by atoms with E-state index in [9.17, 15) is 0 Å². The van der Waals surface area contributed by atoms with Crippen molar-refractivity contribution >= 4 is 60.5 Å². The summed E-state index contributed by atoms with van der Waals surface area (Å²) in [6.07, 6.45) is 0. The first-order chi connectivity index (χ1) is 22.8. The van der Waals surface area contributed by atoms with E-state index in [1.807, 2.05) is 12.1 Å². The highest BCUT2D eigenvalue weighted by atomic mass is 16.3. The monoisotopic (exact) mass is 587 g/mol. The van der Waals surface area contributed by atoms with E-state index in [4.69, 9.17) is 4.42 Å². The van der Waals surface area contributed by atoms with Crippen LogP contribution >= 0.6 is 0 Å². The van der Waals surface area contributed by atoms with E-state index in [-0.39, 0.29) is 0 Å². The number of anilines is 3. The van der Waals surface area contributed by atoms with Gasteiger partial charge in [-0.05, 0) is 111 Å². The summed E-state index contributed by atoms with van der Waals surface area (Å²) in [4.78, 5) is 2.31. The minimum Gasteiger partial charge on any atom is -0.456 e. The average molecular weight is 588 g/mol. The molecular formula is C44H29NO. The lowest BCUT2D eigenvalue weighted by Crippen LogP contribution is -2.09. The summed E-state index contributed by atoms with van der Waals surface area (Å²) in [7, 11) is 0. The maximum atomic E-state index is 6.12. The zero-order valence-electron chi connectivity index (χ0n) is 25.1. The standard InChI is InChI=1S/C44H29NO/c1-2-10-38(11-3-1)45(40-24-25-44-42(29-40)41-12-6-7-13-43(41)46-44)39-22-20-31(21-23-39)34-17-15-32-16-19-36(28-37(32)27-34)35-18-14-30-8-4-5-9-33(30)26-35/h1-29H. The van der Waals surface area contributed by atoms with Crippen LogP contribution in [0.4, 0.5) is 17.1 Å². The third-order valence-corrected chi connectivity index (χ3v) is 9.01. The molecule has 9 rings (SSSR count). The molecule has 0 bridgehead atoms. The molecular weight excluding hydrogens is 558 g/mol. The molecule has 2 heteroatoms. The molecule has 46 heavy (non-hydrogen) atoms. The predicted molar refractivity (Wildman–Crippen MR) is 194 cm³/mol. The van der Waals surface area contributed by atoms with Gasteiger partial charge in [-0.3, -0.25) is 0 Å². The minimum atomic E-state index is 0.897. The summed E-state index contributed by atoms with van der Waals surface area (Å²) >= 11 is 0. The first kappa shape index (κ1) is 26.3. The zero-order valence-corrected chi connectivity index (χ0v) is 25.1. The lowest BCUT2D eigenvalue weighted by molar-refractivity contribution is 0.669. The highest BCUT2D eigenvalue weighted by Crippen LogP contribution is 2.39. The zero-order chi connectivity index (χ0) is 30.5. The van der Waals surface area contributed by atoms with Crippen LogP contribution in [0.15, 0.2) is 180 Å². The van der Waals surface area contributed by atoms with Gasteiger partial charge in [-0.25, -0.2) is 0 Å². The molecule has 0 aliphatic rings. The summed E-state index contributed by atoms with van der Waals surface area (Å²) < 4.78 is 6.12. The lowest BCUT2D eigenvalue weighted by atomic mass is 9.96. The molecule has 0 spiro atoms. The summed E-state index contributed by atoms with van der Waals surface area (Å²) in [5.41, 5.74) is 9.95. The van der Waals surface area contributed by atoms with E-state index in [2.05, 4.69) is 169 Å². The van der Waals surface area contributed by atoms with Crippen LogP contribution < -0.4 is 4.90 Å². The molecule has 1 heterocycles. The fourth-order valence-electron chi connectivity index (χ4n) is 6.66. The molecule has 0 atom stereocenters. The minimum absolute atomic E-state index is 0.897. The quantitative estimate of drug-likeness (QED) is 0.199. The van der Waals surface area contributed by atoms with Crippen LogP contribution in [0.5, 0.6) is 0 Å². The number of fused-ring (bicyclic) bond motifs is 5. The highest BCUT2D eigenvalue weighted by Gasteiger charge is 2.15. The van der Waals surface area contributed by atoms with Gasteiger partial charge in [-0.1, -0.05) is 109 Å². The van der Waals surface area contributed by atoms with Gasteiger partial charge in [0.05, 0.1) is 0 Å². The van der Waals surface area contributed by atoms with Crippen molar-refractivity contribution in [3.05, 3.63) is 176 Å². The van der Waals surface area contributed by atoms with Crippen molar-refractivity contribution in [2.75, 3.05) is 4.90 Å². The summed E-state index contributed by atoms with van der Waals surface area (Å²) in [6.45, 7) is 0. The fourth-order valence-corrected chi connectivity index (χ4v) is 6.66. The molecule has 0 saturated heterocycles. The summed E-state index contributed by atoms with van der Waals surface area (Å²) in [5.74, 6) is 0. The van der Waals surface area contributed by atoms with Crippen LogP contribution in [0.2, 0.25) is 0 Å². The molecule has 8 aromatic carbocycles. The van der Waals surface area contributed by atoms with Gasteiger partial charge >= 0.3 is 0 Å². The van der Waals surface area contributed by atoms with Gasteiger partial charge in [0.15, 0.2) is 0 Å². The second-order valence-corrected chi connectivity index (χ2v) is 11.8. The summed E-state index contributed by atoms with van der Waals surface area (Å²) in [6, 6.07) is 62.9. The second kappa shape index (κ2) is 10.8. The Hall–Kier alpha value is -6.12. The van der Waals surface area contributed by atoms with E-state index in [0.29, 0.717) is 0 Å². The highest BCUT2D eigenvalue weighted by molar-refractivity contribution is 6.06. The molecule has 0 unspecified atom stereocenters. The van der Waals surface area contributed by atoms with Gasteiger partial charge in [0.2, 0.25) is 0 Å². The molecule has 0 N–H and O–H groups in total. The van der Waals surface area contributed by atoms with Crippen LogP contribution in [0.25, 0.3) is 65.7 Å². The Morgan fingerprint density at radius 2 is 0.826 bits per heavy atom. The third kappa shape index (κ3) is 4.60. The SMILES string of the molecule is c1ccc(N(c2ccc(-c3ccc4ccc(-c5ccc6ccccc6c5)cc4c3)cc2)c2ccc3oc4ccccc4c3c2)cc1. The van der Waals surface area contributed by atoms with E-state index < -0.39 is 0 Å². The molecule has 216 valence electrons. The summed E-state index contributed by atoms with van der Waals surface area (Å²) in [5, 5.41) is 7.24. The van der Waals surface area contributed by atoms with Crippen molar-refractivity contribution in [2.24, 2.45) is 0 Å². The maximum absolute atomic E-state index is 6.12. The van der Waals surface area contributed by atoms with Crippen molar-refractivity contribution < 1.29 is 4.42 Å². The van der Waals surface area contributed by atoms with Crippen LogP contribution in [0, 0.1) is 0 Å². The van der Waals surface area contributed by atoms with Gasteiger partial charge < -0.3 is 9.32 Å². The van der Waals surface area contributed by atoms with Crippen molar-refractivity contribution in [1.29, 1.82) is 0 Å². The Bertz CT molecular complexity index is 2530. The molecule has 1 aromatic heterocycles. The third-order valence-electron chi connectivity index (χ3n) is 9.01. The van der Waals surface area contributed by atoms with Crippen molar-refractivity contribution in [3.8, 4) is 22.3 Å². The van der Waals surface area contributed by atoms with Crippen LogP contribution in [0.3, 0.4) is 0 Å². The number of rotatable bonds is 5. The second-order valence-electron chi connectivity index (χ2n) is 11.8. The molecule has 0 aliphatic carbocycles. The Morgan fingerprint density at radius 3 is 1.59 bits per heavy atom. The topological polar surface area (TPSA) is 16.4 Å². The average Bonchev–Trinajstić information content (AvgIpc) is 3.50. The van der Waals surface area contributed by atoms with Gasteiger partial charge in [0.25, 0.3) is 0 Å². The number of furan rings is 1. The normalized spacial score (nSPS) is 11.5. The van der Waals surface area contributed by atoms with Crippen molar-refractivity contribution in [3.63, 3.8) is 0 Å². The van der Waals surface area contributed by atoms with Crippen LogP contribution in [-0.4, -0.2) is 0 Å². The Kier molecular flexibility index (Phi) is 6.17. The Balaban J connectivity index is 1.09. The van der Waals surface area contributed by atoms with Gasteiger partial charge in [0.1, 0.15) is 11.2 Å². The maximum Gasteiger partial charge on any atom is 0.135 e. The smallest absolute Gasteiger partial charge is 0.135 e. The number of hydrogen-bond donors (Lipinski definition) is 0. The van der Waals surface area contributed by atoms with Gasteiger partial charge in [-0.2, -0.15) is 0 Å².